The first-order chi connectivity index (χ1) is 18.1. The van der Waals surface area contributed by atoms with Gasteiger partial charge in [-0.3, -0.25) is 9.69 Å². The van der Waals surface area contributed by atoms with Crippen LogP contribution in [0.2, 0.25) is 0 Å². The Labute approximate surface area is 227 Å². The summed E-state index contributed by atoms with van der Waals surface area (Å²) in [6.07, 6.45) is 1.13. The summed E-state index contributed by atoms with van der Waals surface area (Å²) in [5.41, 5.74) is 8.30. The number of hydrogen-bond acceptors (Lipinski definition) is 2. The number of amides is 1. The number of fused-ring (bicyclic) bond motifs is 1. The molecule has 38 heavy (non-hydrogen) atoms. The number of carbonyl (C=O) groups excluding carboxylic acids is 1. The first-order valence-electron chi connectivity index (χ1n) is 13.9. The Morgan fingerprint density at radius 2 is 1.66 bits per heavy atom. The van der Waals surface area contributed by atoms with Gasteiger partial charge in [-0.25, -0.2) is 0 Å². The molecule has 0 bridgehead atoms. The van der Waals surface area contributed by atoms with Crippen LogP contribution in [0, 0.1) is 19.8 Å². The Morgan fingerprint density at radius 3 is 2.32 bits per heavy atom. The fraction of sp³-hybridized carbons (Fsp3) is 0.382. The van der Waals surface area contributed by atoms with Gasteiger partial charge in [-0.2, -0.15) is 0 Å². The van der Waals surface area contributed by atoms with Crippen molar-refractivity contribution >= 4 is 16.8 Å². The Morgan fingerprint density at radius 1 is 0.974 bits per heavy atom. The van der Waals surface area contributed by atoms with E-state index in [-0.39, 0.29) is 17.5 Å². The minimum atomic E-state index is 0.0231. The van der Waals surface area contributed by atoms with Crippen molar-refractivity contribution in [1.29, 1.82) is 0 Å². The molecule has 4 heteroatoms. The lowest BCUT2D eigenvalue weighted by atomic mass is 9.99. The Kier molecular flexibility index (Phi) is 7.19. The number of nitrogens with one attached hydrogen (secondary N) is 1. The fourth-order valence-electron chi connectivity index (χ4n) is 5.82. The molecule has 1 aliphatic heterocycles. The molecule has 1 unspecified atom stereocenters. The summed E-state index contributed by atoms with van der Waals surface area (Å²) in [6.45, 7) is 16.2. The third kappa shape index (κ3) is 5.28. The fourth-order valence-corrected chi connectivity index (χ4v) is 5.82. The van der Waals surface area contributed by atoms with Crippen LogP contribution in [0.25, 0.3) is 22.0 Å². The van der Waals surface area contributed by atoms with Crippen molar-refractivity contribution < 1.29 is 4.79 Å². The molecule has 3 aromatic carbocycles. The summed E-state index contributed by atoms with van der Waals surface area (Å²) in [6, 6.07) is 25.6. The molecule has 2 heterocycles. The molecule has 2 atom stereocenters. The zero-order chi connectivity index (χ0) is 27.0. The summed E-state index contributed by atoms with van der Waals surface area (Å²) >= 11 is 0. The van der Waals surface area contributed by atoms with Crippen LogP contribution in [0.3, 0.4) is 0 Å². The molecule has 1 amide bonds. The molecule has 4 aromatic rings. The van der Waals surface area contributed by atoms with Crippen LogP contribution in [0.5, 0.6) is 0 Å². The van der Waals surface area contributed by atoms with Crippen molar-refractivity contribution in [2.24, 2.45) is 5.92 Å². The number of carbonyl (C=O) groups is 1. The number of rotatable bonds is 6. The summed E-state index contributed by atoms with van der Waals surface area (Å²) in [4.78, 5) is 15.8. The first kappa shape index (κ1) is 26.2. The number of nitrogens with zero attached hydrogens (tertiary/aromatic N) is 2. The lowest BCUT2D eigenvalue weighted by molar-refractivity contribution is 0.0924. The van der Waals surface area contributed by atoms with Crippen molar-refractivity contribution in [1.82, 2.24) is 14.8 Å². The van der Waals surface area contributed by atoms with Gasteiger partial charge in [0.2, 0.25) is 0 Å². The van der Waals surface area contributed by atoms with Gasteiger partial charge in [0, 0.05) is 46.8 Å². The quantitative estimate of drug-likeness (QED) is 0.299. The molecule has 1 saturated heterocycles. The predicted octanol–water partition coefficient (Wildman–Crippen LogP) is 7.21. The van der Waals surface area contributed by atoms with Gasteiger partial charge in [-0.05, 0) is 101 Å². The third-order valence-corrected chi connectivity index (χ3v) is 8.54. The minimum Gasteiger partial charge on any atom is -0.349 e. The van der Waals surface area contributed by atoms with E-state index in [0.29, 0.717) is 5.92 Å². The molecule has 0 spiro atoms. The second-order valence-corrected chi connectivity index (χ2v) is 12.0. The number of benzene rings is 3. The maximum Gasteiger partial charge on any atom is 0.251 e. The van der Waals surface area contributed by atoms with Gasteiger partial charge in [0.1, 0.15) is 0 Å². The highest BCUT2D eigenvalue weighted by molar-refractivity contribution is 5.99. The van der Waals surface area contributed by atoms with Gasteiger partial charge in [0.05, 0.1) is 0 Å². The van der Waals surface area contributed by atoms with Crippen LogP contribution in [0.15, 0.2) is 72.8 Å². The Bertz CT molecular complexity index is 1430. The lowest BCUT2D eigenvalue weighted by Crippen LogP contribution is -2.43. The number of hydrogen-bond donors (Lipinski definition) is 1. The molecule has 0 radical (unpaired) electrons. The molecule has 1 aromatic heterocycles. The van der Waals surface area contributed by atoms with Gasteiger partial charge in [-0.15, -0.1) is 0 Å². The van der Waals surface area contributed by atoms with Crippen LogP contribution >= 0.6 is 0 Å². The van der Waals surface area contributed by atoms with E-state index >= 15 is 0 Å². The Balaban J connectivity index is 1.31. The van der Waals surface area contributed by atoms with Crippen LogP contribution in [0.1, 0.15) is 61.3 Å². The zero-order valence-corrected chi connectivity index (χ0v) is 23.7. The van der Waals surface area contributed by atoms with Gasteiger partial charge < -0.3 is 9.88 Å². The van der Waals surface area contributed by atoms with E-state index in [1.807, 2.05) is 12.1 Å². The predicted molar refractivity (Wildman–Crippen MR) is 159 cm³/mol. The van der Waals surface area contributed by atoms with E-state index in [0.717, 1.165) is 37.0 Å². The van der Waals surface area contributed by atoms with Gasteiger partial charge >= 0.3 is 0 Å². The van der Waals surface area contributed by atoms with Gasteiger partial charge in [0.25, 0.3) is 5.91 Å². The number of aryl methyl sites for hydroxylation is 1. The normalized spacial score (nSPS) is 17.2. The topological polar surface area (TPSA) is 37.3 Å². The van der Waals surface area contributed by atoms with Crippen molar-refractivity contribution in [3.8, 4) is 11.1 Å². The van der Waals surface area contributed by atoms with E-state index in [1.54, 1.807) is 0 Å². The van der Waals surface area contributed by atoms with Crippen LogP contribution in [0.4, 0.5) is 0 Å². The van der Waals surface area contributed by atoms with Gasteiger partial charge in [0.15, 0.2) is 0 Å². The molecular weight excluding hydrogens is 466 g/mol. The molecule has 0 saturated carbocycles. The number of aromatic nitrogens is 1. The molecule has 1 N–H and O–H groups in total. The van der Waals surface area contributed by atoms with E-state index in [9.17, 15) is 4.79 Å². The average molecular weight is 508 g/mol. The number of likely N-dealkylation sites (tertiary alicyclic amines) is 1. The summed E-state index contributed by atoms with van der Waals surface area (Å²) in [5.74, 6) is 0.509. The summed E-state index contributed by atoms with van der Waals surface area (Å²) in [5, 5.41) is 4.46. The lowest BCUT2D eigenvalue weighted by Gasteiger charge is -2.32. The molecule has 1 fully saturated rings. The van der Waals surface area contributed by atoms with Crippen molar-refractivity contribution in [3.05, 3.63) is 95.2 Å². The molecule has 4 nitrogen and oxygen atoms in total. The van der Waals surface area contributed by atoms with Gasteiger partial charge in [-0.1, -0.05) is 54.6 Å². The van der Waals surface area contributed by atoms with E-state index in [2.05, 4.69) is 117 Å². The molecule has 1 aliphatic rings. The minimum absolute atomic E-state index is 0.0231. The van der Waals surface area contributed by atoms with E-state index in [4.69, 9.17) is 0 Å². The Hall–Kier alpha value is -3.37. The summed E-state index contributed by atoms with van der Waals surface area (Å²) in [7, 11) is 0. The molecule has 5 rings (SSSR count). The van der Waals surface area contributed by atoms with E-state index < -0.39 is 0 Å². The van der Waals surface area contributed by atoms with Crippen molar-refractivity contribution in [2.75, 3.05) is 13.1 Å². The highest BCUT2D eigenvalue weighted by atomic mass is 16.1. The second kappa shape index (κ2) is 10.4. The van der Waals surface area contributed by atoms with Crippen LogP contribution in [-0.2, 0) is 6.54 Å². The zero-order valence-electron chi connectivity index (χ0n) is 23.7. The maximum atomic E-state index is 13.2. The maximum absolute atomic E-state index is 13.2. The second-order valence-electron chi connectivity index (χ2n) is 12.0. The average Bonchev–Trinajstić information content (AvgIpc) is 3.50. The highest BCUT2D eigenvalue weighted by Gasteiger charge is 2.33. The smallest absolute Gasteiger partial charge is 0.251 e. The standard InChI is InChI=1S/C34H41N3O/c1-23-25(3)37(21-26-12-14-28(15-13-26)27-10-8-7-9-11-27)32-17-16-29(20-31(23)32)33(38)35-24(2)30-18-19-36(22-30)34(4,5)6/h7-17,20,24,30H,18-19,21-22H2,1-6H3,(H,35,38)/t24-,30?/m0/s1. The third-order valence-electron chi connectivity index (χ3n) is 8.54. The molecule has 198 valence electrons. The summed E-state index contributed by atoms with van der Waals surface area (Å²) < 4.78 is 2.37. The highest BCUT2D eigenvalue weighted by Crippen LogP contribution is 2.29. The molecule has 0 aliphatic carbocycles. The monoisotopic (exact) mass is 507 g/mol. The SMILES string of the molecule is Cc1c(C)n(Cc2ccc(-c3ccccc3)cc2)c2ccc(C(=O)N[C@@H](C)C3CCN(C(C)(C)C)C3)cc12. The largest absolute Gasteiger partial charge is 0.349 e. The first-order valence-corrected chi connectivity index (χ1v) is 13.9. The van der Waals surface area contributed by atoms with E-state index in [1.165, 1.54) is 33.5 Å². The molecular formula is C34H41N3O. The van der Waals surface area contributed by atoms with Crippen LogP contribution in [-0.4, -0.2) is 40.0 Å². The van der Waals surface area contributed by atoms with Crippen LogP contribution < -0.4 is 5.32 Å². The van der Waals surface area contributed by atoms with Crippen molar-refractivity contribution in [2.45, 2.75) is 66.1 Å². The van der Waals surface area contributed by atoms with Crippen molar-refractivity contribution in [3.63, 3.8) is 0 Å².